The lowest BCUT2D eigenvalue weighted by atomic mass is 9.95. The Morgan fingerprint density at radius 3 is 1.92 bits per heavy atom. The van der Waals surface area contributed by atoms with Crippen LogP contribution >= 0.6 is 58.0 Å². The Bertz CT molecular complexity index is 1390. The summed E-state index contributed by atoms with van der Waals surface area (Å²) in [5, 5.41) is 1.86. The maximum atomic E-state index is 15.0. The Hall–Kier alpha value is -2.17. The number of nitrogens with one attached hydrogen (secondary N) is 1. The van der Waals surface area contributed by atoms with E-state index < -0.39 is 58.7 Å². The van der Waals surface area contributed by atoms with E-state index in [0.717, 1.165) is 18.2 Å². The molecule has 0 aliphatic rings. The molecule has 0 saturated carbocycles. The average molecular weight is 654 g/mol. The molecule has 3 aromatic carbocycles. The molecule has 0 spiro atoms. The summed E-state index contributed by atoms with van der Waals surface area (Å²) in [6.07, 6.45) is -10.1. The number of halogens is 12. The number of hydrogen-bond acceptors (Lipinski definition) is 2. The predicted octanol–water partition coefficient (Wildman–Crippen LogP) is 10.9. The highest BCUT2D eigenvalue weighted by Gasteiger charge is 2.41. The fourth-order valence-electron chi connectivity index (χ4n) is 3.48. The van der Waals surface area contributed by atoms with E-state index in [9.17, 15) is 31.1 Å². The molecule has 208 valence electrons. The van der Waals surface area contributed by atoms with Crippen LogP contribution in [0.2, 0.25) is 25.1 Å². The summed E-state index contributed by atoms with van der Waals surface area (Å²) in [6.45, 7) is -0.668. The van der Waals surface area contributed by atoms with Gasteiger partial charge in [-0.25, -0.2) is 4.39 Å². The molecule has 14 heteroatoms. The zero-order valence-corrected chi connectivity index (χ0v) is 22.7. The number of hydrogen-bond donors (Lipinski definition) is 1. The van der Waals surface area contributed by atoms with Gasteiger partial charge in [-0.15, -0.1) is 0 Å². The Morgan fingerprint density at radius 1 is 0.846 bits per heavy atom. The highest BCUT2D eigenvalue weighted by Crippen LogP contribution is 2.43. The van der Waals surface area contributed by atoms with Crippen LogP contribution in [-0.4, -0.2) is 18.5 Å². The molecule has 3 aromatic rings. The van der Waals surface area contributed by atoms with Crippen molar-refractivity contribution in [1.82, 2.24) is 0 Å². The van der Waals surface area contributed by atoms with Crippen molar-refractivity contribution in [2.24, 2.45) is 0 Å². The van der Waals surface area contributed by atoms with Gasteiger partial charge in [0.05, 0.1) is 42.9 Å². The van der Waals surface area contributed by atoms with Gasteiger partial charge in [-0.3, -0.25) is 4.79 Å². The van der Waals surface area contributed by atoms with Crippen LogP contribution in [0.15, 0.2) is 54.6 Å². The Kier molecular flexibility index (Phi) is 9.76. The Morgan fingerprint density at radius 2 is 1.41 bits per heavy atom. The van der Waals surface area contributed by atoms with Crippen molar-refractivity contribution < 1.29 is 35.5 Å². The number of anilines is 1. The number of carbonyl (C=O) groups excluding carboxylic acids is 1. The normalized spacial score (nSPS) is 13.4. The van der Waals surface area contributed by atoms with Gasteiger partial charge in [0.1, 0.15) is 11.7 Å². The highest BCUT2D eigenvalue weighted by molar-refractivity contribution is 6.48. The number of allylic oxidation sites excluding steroid dienone is 1. The first-order valence-corrected chi connectivity index (χ1v) is 12.4. The lowest BCUT2D eigenvalue weighted by Crippen LogP contribution is -2.20. The summed E-state index contributed by atoms with van der Waals surface area (Å²) in [7, 11) is 0. The molecule has 39 heavy (non-hydrogen) atoms. The monoisotopic (exact) mass is 651 g/mol. The lowest BCUT2D eigenvalue weighted by Gasteiger charge is -2.19. The topological polar surface area (TPSA) is 29.1 Å². The van der Waals surface area contributed by atoms with Crippen molar-refractivity contribution in [3.63, 3.8) is 0 Å². The minimum Gasteiger partial charge on any atom is -0.375 e. The number of Topliss-reactive ketones (excluding diaryl/α,β-unsaturated/α-hetero) is 1. The number of carbonyl (C=O) groups is 1. The number of benzene rings is 3. The third-order valence-corrected chi connectivity index (χ3v) is 7.15. The van der Waals surface area contributed by atoms with Crippen LogP contribution in [0.1, 0.15) is 33.0 Å². The third-order valence-electron chi connectivity index (χ3n) is 5.32. The predicted molar refractivity (Wildman–Crippen MR) is 140 cm³/mol. The molecule has 1 N–H and O–H groups in total. The fourth-order valence-corrected chi connectivity index (χ4v) is 4.62. The van der Waals surface area contributed by atoms with E-state index in [1.165, 1.54) is 18.2 Å². The van der Waals surface area contributed by atoms with Crippen LogP contribution in [0.5, 0.6) is 0 Å². The van der Waals surface area contributed by atoms with E-state index in [1.54, 1.807) is 0 Å². The summed E-state index contributed by atoms with van der Waals surface area (Å²) in [6, 6.07) is 7.69. The third kappa shape index (κ3) is 7.52. The minimum absolute atomic E-state index is 0.0772. The largest absolute Gasteiger partial charge is 0.417 e. The molecule has 3 rings (SSSR count). The second-order valence-electron chi connectivity index (χ2n) is 7.96. The van der Waals surface area contributed by atoms with E-state index in [-0.39, 0.29) is 42.9 Å². The molecule has 1 unspecified atom stereocenters. The molecule has 0 bridgehead atoms. The van der Waals surface area contributed by atoms with Gasteiger partial charge >= 0.3 is 12.4 Å². The first kappa shape index (κ1) is 31.4. The molecule has 0 fully saturated rings. The lowest BCUT2D eigenvalue weighted by molar-refractivity contribution is -0.140. The Balaban J connectivity index is 2.00. The number of ketones is 1. The molecule has 1 atom stereocenters. The summed E-state index contributed by atoms with van der Waals surface area (Å²) >= 11 is 29.3. The van der Waals surface area contributed by atoms with E-state index in [1.807, 2.05) is 0 Å². The highest BCUT2D eigenvalue weighted by atomic mass is 35.5. The SMILES string of the molecule is O=C(CNc1c(Cl)cccc1Cl)c1ccc(/C(F)=C/C(c2cc(Cl)c(Cl)c(Cl)c2)C(F)(F)F)cc1C(F)(F)F. The Labute approximate surface area is 242 Å². The summed E-state index contributed by atoms with van der Waals surface area (Å²) in [5.74, 6) is -5.33. The van der Waals surface area contributed by atoms with Crippen molar-refractivity contribution in [2.75, 3.05) is 11.9 Å². The first-order chi connectivity index (χ1) is 18.0. The fraction of sp³-hybridized carbons (Fsp3) is 0.160. The van der Waals surface area contributed by atoms with Crippen molar-refractivity contribution in [3.8, 4) is 0 Å². The van der Waals surface area contributed by atoms with Crippen LogP contribution in [0, 0.1) is 0 Å². The number of para-hydroxylation sites is 1. The summed E-state index contributed by atoms with van der Waals surface area (Å²) in [4.78, 5) is 12.6. The molecular formula is C25H13Cl5F7NO. The van der Waals surface area contributed by atoms with Crippen LogP contribution in [0.3, 0.4) is 0 Å². The molecular weight excluding hydrogens is 641 g/mol. The molecule has 0 saturated heterocycles. The van der Waals surface area contributed by atoms with E-state index in [2.05, 4.69) is 5.32 Å². The van der Waals surface area contributed by atoms with Gasteiger partial charge in [0, 0.05) is 11.1 Å². The van der Waals surface area contributed by atoms with Crippen molar-refractivity contribution in [3.05, 3.63) is 102 Å². The first-order valence-electron chi connectivity index (χ1n) is 10.5. The second kappa shape index (κ2) is 12.1. The summed E-state index contributed by atoms with van der Waals surface area (Å²) < 4.78 is 97.8. The average Bonchev–Trinajstić information content (AvgIpc) is 2.83. The molecule has 0 aromatic heterocycles. The van der Waals surface area contributed by atoms with Gasteiger partial charge in [0.2, 0.25) is 0 Å². The van der Waals surface area contributed by atoms with Crippen LogP contribution in [0.25, 0.3) is 5.83 Å². The van der Waals surface area contributed by atoms with Crippen LogP contribution in [0.4, 0.5) is 36.4 Å². The van der Waals surface area contributed by atoms with Gasteiger partial charge < -0.3 is 5.32 Å². The van der Waals surface area contributed by atoms with Gasteiger partial charge in [0.15, 0.2) is 5.78 Å². The van der Waals surface area contributed by atoms with Crippen molar-refractivity contribution >= 4 is 75.3 Å². The standard InChI is InChI=1S/C25H13Cl5F7NO/c26-16-2-1-3-17(27)23(16)38-10-21(39)13-5-4-11(6-15(13)25(35,36)37)20(31)9-14(24(32,33)34)12-7-18(28)22(30)19(29)8-12/h1-9,14,38H,10H2/b20-9-. The number of rotatable bonds is 7. The zero-order valence-electron chi connectivity index (χ0n) is 18.9. The van der Waals surface area contributed by atoms with Crippen molar-refractivity contribution in [1.29, 1.82) is 0 Å². The van der Waals surface area contributed by atoms with Gasteiger partial charge in [0.25, 0.3) is 0 Å². The van der Waals surface area contributed by atoms with E-state index in [0.29, 0.717) is 6.07 Å². The smallest absolute Gasteiger partial charge is 0.375 e. The van der Waals surface area contributed by atoms with Gasteiger partial charge in [-0.2, -0.15) is 26.3 Å². The molecule has 0 radical (unpaired) electrons. The molecule has 0 amide bonds. The number of alkyl halides is 6. The van der Waals surface area contributed by atoms with Gasteiger partial charge in [-0.1, -0.05) is 76.2 Å². The summed E-state index contributed by atoms with van der Waals surface area (Å²) in [5.41, 5.74) is -3.74. The molecule has 0 heterocycles. The van der Waals surface area contributed by atoms with Crippen LogP contribution in [-0.2, 0) is 6.18 Å². The van der Waals surface area contributed by atoms with Crippen LogP contribution < -0.4 is 5.32 Å². The zero-order chi connectivity index (χ0) is 29.3. The molecule has 2 nitrogen and oxygen atoms in total. The molecule has 0 aliphatic carbocycles. The molecule has 0 aliphatic heterocycles. The van der Waals surface area contributed by atoms with E-state index >= 15 is 4.39 Å². The maximum absolute atomic E-state index is 15.0. The minimum atomic E-state index is -5.15. The quantitative estimate of drug-likeness (QED) is 0.156. The van der Waals surface area contributed by atoms with Crippen molar-refractivity contribution in [2.45, 2.75) is 18.3 Å². The van der Waals surface area contributed by atoms with Gasteiger partial charge in [-0.05, 0) is 42.0 Å². The second-order valence-corrected chi connectivity index (χ2v) is 9.97. The van der Waals surface area contributed by atoms with E-state index in [4.69, 9.17) is 58.0 Å². The maximum Gasteiger partial charge on any atom is 0.417 e.